The van der Waals surface area contributed by atoms with Crippen molar-refractivity contribution < 1.29 is 13.9 Å². The Hall–Kier alpha value is -2.85. The molecule has 0 unspecified atom stereocenters. The molecule has 1 aliphatic heterocycles. The molecule has 3 nitrogen and oxygen atoms in total. The zero-order chi connectivity index (χ0) is 19.3. The molecule has 0 saturated heterocycles. The Morgan fingerprint density at radius 3 is 2.11 bits per heavy atom. The largest absolute Gasteiger partial charge is 0.496 e. The first-order valence-electron chi connectivity index (χ1n) is 9.54. The average Bonchev–Trinajstić information content (AvgIpc) is 2.75. The smallest absolute Gasteiger partial charge is 0.165 e. The van der Waals surface area contributed by atoms with Crippen LogP contribution in [0.25, 0.3) is 0 Å². The summed E-state index contributed by atoms with van der Waals surface area (Å²) < 4.78 is 25.6. The minimum Gasteiger partial charge on any atom is -0.496 e. The van der Waals surface area contributed by atoms with Crippen LogP contribution < -0.4 is 9.47 Å². The van der Waals surface area contributed by atoms with Crippen molar-refractivity contribution in [1.29, 1.82) is 0 Å². The Balaban J connectivity index is 1.62. The summed E-state index contributed by atoms with van der Waals surface area (Å²) in [5, 5.41) is 0. The van der Waals surface area contributed by atoms with E-state index in [1.165, 1.54) is 17.2 Å². The zero-order valence-electron chi connectivity index (χ0n) is 16.0. The van der Waals surface area contributed by atoms with Gasteiger partial charge in [0.15, 0.2) is 11.6 Å². The normalized spacial score (nSPS) is 15.8. The van der Waals surface area contributed by atoms with E-state index in [1.54, 1.807) is 13.2 Å². The highest BCUT2D eigenvalue weighted by Crippen LogP contribution is 2.36. The van der Waals surface area contributed by atoms with Gasteiger partial charge in [0.25, 0.3) is 0 Å². The van der Waals surface area contributed by atoms with Gasteiger partial charge < -0.3 is 9.47 Å². The van der Waals surface area contributed by atoms with Crippen molar-refractivity contribution in [1.82, 2.24) is 4.90 Å². The van der Waals surface area contributed by atoms with E-state index < -0.39 is 0 Å². The van der Waals surface area contributed by atoms with Gasteiger partial charge >= 0.3 is 0 Å². The second-order valence-electron chi connectivity index (χ2n) is 7.10. The molecule has 144 valence electrons. The van der Waals surface area contributed by atoms with Crippen LogP contribution in [0.3, 0.4) is 0 Å². The van der Waals surface area contributed by atoms with Crippen molar-refractivity contribution >= 4 is 0 Å². The fourth-order valence-electron chi connectivity index (χ4n) is 3.78. The summed E-state index contributed by atoms with van der Waals surface area (Å²) in [5.74, 6) is 0.683. The third-order valence-electron chi connectivity index (χ3n) is 5.22. The first-order valence-corrected chi connectivity index (χ1v) is 9.54. The summed E-state index contributed by atoms with van der Waals surface area (Å²) in [6.45, 7) is 2.06. The predicted octanol–water partition coefficient (Wildman–Crippen LogP) is 4.84. The maximum Gasteiger partial charge on any atom is 0.165 e. The van der Waals surface area contributed by atoms with Crippen LogP contribution >= 0.6 is 0 Å². The number of fused-ring (bicyclic) bond motifs is 1. The molecule has 4 heteroatoms. The Bertz CT molecular complexity index is 873. The zero-order valence-corrected chi connectivity index (χ0v) is 16.0. The highest BCUT2D eigenvalue weighted by molar-refractivity contribution is 5.47. The van der Waals surface area contributed by atoms with Gasteiger partial charge in [-0.2, -0.15) is 0 Å². The number of rotatable bonds is 6. The van der Waals surface area contributed by atoms with E-state index >= 15 is 0 Å². The topological polar surface area (TPSA) is 21.7 Å². The lowest BCUT2D eigenvalue weighted by atomic mass is 9.98. The summed E-state index contributed by atoms with van der Waals surface area (Å²) in [6.07, 6.45) is 0.690. The molecular weight excluding hydrogens is 353 g/mol. The minimum absolute atomic E-state index is 0.128. The summed E-state index contributed by atoms with van der Waals surface area (Å²) in [5.41, 5.74) is 3.30. The maximum absolute atomic E-state index is 14.2. The lowest BCUT2D eigenvalue weighted by Gasteiger charge is -2.35. The van der Waals surface area contributed by atoms with Crippen LogP contribution in [0, 0.1) is 5.82 Å². The second kappa shape index (κ2) is 8.44. The Morgan fingerprint density at radius 2 is 1.54 bits per heavy atom. The fraction of sp³-hybridized carbons (Fsp3) is 0.250. The molecule has 0 radical (unpaired) electrons. The molecule has 0 saturated carbocycles. The van der Waals surface area contributed by atoms with Crippen LogP contribution in [0.15, 0.2) is 72.8 Å². The van der Waals surface area contributed by atoms with Gasteiger partial charge in [-0.05, 0) is 29.7 Å². The first kappa shape index (κ1) is 18.5. The third kappa shape index (κ3) is 4.02. The number of benzene rings is 3. The maximum atomic E-state index is 14.2. The fourth-order valence-corrected chi connectivity index (χ4v) is 3.78. The van der Waals surface area contributed by atoms with Crippen molar-refractivity contribution in [2.75, 3.05) is 13.7 Å². The predicted molar refractivity (Wildman–Crippen MR) is 108 cm³/mol. The van der Waals surface area contributed by atoms with Crippen LogP contribution in [0.5, 0.6) is 11.5 Å². The van der Waals surface area contributed by atoms with Crippen molar-refractivity contribution in [3.8, 4) is 11.5 Å². The molecule has 0 aromatic heterocycles. The van der Waals surface area contributed by atoms with E-state index in [0.717, 1.165) is 18.7 Å². The van der Waals surface area contributed by atoms with Gasteiger partial charge in [-0.1, -0.05) is 60.7 Å². The van der Waals surface area contributed by atoms with Crippen LogP contribution in [0.2, 0.25) is 0 Å². The van der Waals surface area contributed by atoms with Crippen LogP contribution in [-0.4, -0.2) is 24.7 Å². The van der Waals surface area contributed by atoms with Gasteiger partial charge in [0.1, 0.15) is 12.4 Å². The van der Waals surface area contributed by atoms with Crippen LogP contribution in [0.4, 0.5) is 4.39 Å². The number of hydrogen-bond acceptors (Lipinski definition) is 3. The highest BCUT2D eigenvalue weighted by atomic mass is 19.1. The number of halogens is 1. The van der Waals surface area contributed by atoms with Crippen molar-refractivity contribution in [3.63, 3.8) is 0 Å². The monoisotopic (exact) mass is 377 g/mol. The molecule has 4 rings (SSSR count). The molecule has 3 aromatic rings. The van der Waals surface area contributed by atoms with Crippen LogP contribution in [-0.2, 0) is 19.5 Å². The Morgan fingerprint density at radius 1 is 0.929 bits per heavy atom. The summed E-state index contributed by atoms with van der Waals surface area (Å²) in [4.78, 5) is 2.40. The number of nitrogens with zero attached hydrogens (tertiary/aromatic N) is 1. The lowest BCUT2D eigenvalue weighted by Crippen LogP contribution is -2.42. The van der Waals surface area contributed by atoms with E-state index in [2.05, 4.69) is 53.4 Å². The third-order valence-corrected chi connectivity index (χ3v) is 5.22. The molecule has 3 aromatic carbocycles. The summed E-state index contributed by atoms with van der Waals surface area (Å²) in [6, 6.07) is 24.0. The first-order chi connectivity index (χ1) is 13.7. The van der Waals surface area contributed by atoms with Crippen molar-refractivity contribution in [2.45, 2.75) is 25.6 Å². The van der Waals surface area contributed by atoms with Gasteiger partial charge in [-0.3, -0.25) is 4.90 Å². The number of methoxy groups -OCH3 is 1. The number of ether oxygens (including phenoxy) is 2. The second-order valence-corrected chi connectivity index (χ2v) is 7.10. The molecule has 0 fully saturated rings. The molecule has 1 aliphatic rings. The minimum atomic E-state index is -0.327. The molecule has 0 N–H and O–H groups in total. The highest BCUT2D eigenvalue weighted by Gasteiger charge is 2.30. The Kier molecular flexibility index (Phi) is 5.58. The standard InChI is InChI=1S/C24H24FNO2/c1-27-23-13-12-22(25)24-21(23)14-20(17-28-24)26(15-18-8-4-2-5-9-18)16-19-10-6-3-7-11-19/h2-13,20H,14-17H2,1H3/t20-/m1/s1. The number of hydrogen-bond donors (Lipinski definition) is 0. The van der Waals surface area contributed by atoms with E-state index in [1.807, 2.05) is 12.1 Å². The molecular formula is C24H24FNO2. The molecule has 0 amide bonds. The summed E-state index contributed by atoms with van der Waals surface area (Å²) >= 11 is 0. The molecule has 1 heterocycles. The van der Waals surface area contributed by atoms with Crippen molar-refractivity contribution in [3.05, 3.63) is 95.3 Å². The Labute approximate surface area is 165 Å². The average molecular weight is 377 g/mol. The van der Waals surface area contributed by atoms with E-state index in [9.17, 15) is 4.39 Å². The van der Waals surface area contributed by atoms with Crippen molar-refractivity contribution in [2.24, 2.45) is 0 Å². The molecule has 0 spiro atoms. The summed E-state index contributed by atoms with van der Waals surface area (Å²) in [7, 11) is 1.61. The molecule has 1 atom stereocenters. The van der Waals surface area contributed by atoms with Gasteiger partial charge in [0.05, 0.1) is 7.11 Å². The van der Waals surface area contributed by atoms with E-state index in [0.29, 0.717) is 24.5 Å². The van der Waals surface area contributed by atoms with E-state index in [-0.39, 0.29) is 11.9 Å². The quantitative estimate of drug-likeness (QED) is 0.614. The lowest BCUT2D eigenvalue weighted by molar-refractivity contribution is 0.102. The molecule has 28 heavy (non-hydrogen) atoms. The van der Waals surface area contributed by atoms with Crippen LogP contribution in [0.1, 0.15) is 16.7 Å². The van der Waals surface area contributed by atoms with Gasteiger partial charge in [0, 0.05) is 24.7 Å². The molecule has 0 aliphatic carbocycles. The SMILES string of the molecule is COc1ccc(F)c2c1C[C@@H](N(Cc1ccccc1)Cc1ccccc1)CO2. The van der Waals surface area contributed by atoms with E-state index in [4.69, 9.17) is 9.47 Å². The molecule has 0 bridgehead atoms. The van der Waals surface area contributed by atoms with Gasteiger partial charge in [0.2, 0.25) is 0 Å². The van der Waals surface area contributed by atoms with Gasteiger partial charge in [-0.15, -0.1) is 0 Å². The van der Waals surface area contributed by atoms with Gasteiger partial charge in [-0.25, -0.2) is 4.39 Å².